The minimum absolute atomic E-state index is 0.0612. The van der Waals surface area contributed by atoms with Crippen LogP contribution in [0.15, 0.2) is 28.7 Å². The van der Waals surface area contributed by atoms with Crippen LogP contribution in [0.4, 0.5) is 0 Å². The van der Waals surface area contributed by atoms with Crippen molar-refractivity contribution < 1.29 is 4.79 Å². The Balaban J connectivity index is 2.46. The first kappa shape index (κ1) is 15.2. The maximum Gasteiger partial charge on any atom is 0.224 e. The summed E-state index contributed by atoms with van der Waals surface area (Å²) >= 11 is 3.45. The summed E-state index contributed by atoms with van der Waals surface area (Å²) in [7, 11) is 1.92. The van der Waals surface area contributed by atoms with Crippen molar-refractivity contribution in [2.24, 2.45) is 5.41 Å². The summed E-state index contributed by atoms with van der Waals surface area (Å²) < 4.78 is 0.981. The van der Waals surface area contributed by atoms with E-state index in [0.29, 0.717) is 13.0 Å². The van der Waals surface area contributed by atoms with Gasteiger partial charge >= 0.3 is 0 Å². The van der Waals surface area contributed by atoms with E-state index in [0.717, 1.165) is 16.6 Å². The Morgan fingerprint density at radius 2 is 1.94 bits per heavy atom. The summed E-state index contributed by atoms with van der Waals surface area (Å²) in [6.45, 7) is 5.81. The van der Waals surface area contributed by atoms with Crippen LogP contribution in [0.2, 0.25) is 0 Å². The van der Waals surface area contributed by atoms with Crippen LogP contribution in [0.3, 0.4) is 0 Å². The molecule has 100 valence electrons. The van der Waals surface area contributed by atoms with E-state index in [1.165, 1.54) is 0 Å². The smallest absolute Gasteiger partial charge is 0.224 e. The summed E-state index contributed by atoms with van der Waals surface area (Å²) in [6, 6.07) is 7.80. The molecule has 0 radical (unpaired) electrons. The molecule has 0 saturated heterocycles. The quantitative estimate of drug-likeness (QED) is 0.846. The van der Waals surface area contributed by atoms with Gasteiger partial charge in [-0.25, -0.2) is 0 Å². The predicted molar refractivity (Wildman–Crippen MR) is 78.6 cm³/mol. The average molecular weight is 313 g/mol. The van der Waals surface area contributed by atoms with Crippen molar-refractivity contribution in [3.05, 3.63) is 34.3 Å². The lowest BCUT2D eigenvalue weighted by molar-refractivity contribution is -0.120. The predicted octanol–water partition coefficient (Wildman–Crippen LogP) is 2.35. The Bertz CT molecular complexity index is 405. The highest BCUT2D eigenvalue weighted by Crippen LogP contribution is 2.16. The fraction of sp³-hybridized carbons (Fsp3) is 0.500. The van der Waals surface area contributed by atoms with Crippen LogP contribution in [-0.2, 0) is 11.2 Å². The van der Waals surface area contributed by atoms with Crippen molar-refractivity contribution >= 4 is 21.8 Å². The summed E-state index contributed by atoms with van der Waals surface area (Å²) in [5.74, 6) is 0.0612. The molecule has 2 N–H and O–H groups in total. The number of carbonyl (C=O) groups is 1. The first-order valence-electron chi connectivity index (χ1n) is 6.09. The molecule has 0 heterocycles. The number of hydrogen-bond acceptors (Lipinski definition) is 2. The van der Waals surface area contributed by atoms with Crippen molar-refractivity contribution in [3.63, 3.8) is 0 Å². The van der Waals surface area contributed by atoms with Crippen LogP contribution in [0.25, 0.3) is 0 Å². The molecular weight excluding hydrogens is 292 g/mol. The van der Waals surface area contributed by atoms with Gasteiger partial charge in [0.15, 0.2) is 0 Å². The highest BCUT2D eigenvalue weighted by Gasteiger charge is 2.17. The zero-order chi connectivity index (χ0) is 13.6. The molecule has 3 nitrogen and oxygen atoms in total. The Morgan fingerprint density at radius 3 is 2.56 bits per heavy atom. The molecule has 0 aliphatic rings. The molecule has 0 aliphatic heterocycles. The first-order chi connectivity index (χ1) is 8.44. The van der Waals surface area contributed by atoms with E-state index in [2.05, 4.69) is 40.4 Å². The van der Waals surface area contributed by atoms with Crippen molar-refractivity contribution in [1.29, 1.82) is 0 Å². The highest BCUT2D eigenvalue weighted by molar-refractivity contribution is 9.10. The van der Waals surface area contributed by atoms with Gasteiger partial charge in [0.1, 0.15) is 0 Å². The van der Waals surface area contributed by atoms with Crippen LogP contribution in [0.5, 0.6) is 0 Å². The fourth-order valence-electron chi connectivity index (χ4n) is 1.76. The number of halogens is 1. The molecule has 1 aromatic rings. The van der Waals surface area contributed by atoms with Crippen molar-refractivity contribution in [3.8, 4) is 0 Å². The van der Waals surface area contributed by atoms with Crippen molar-refractivity contribution in [2.75, 3.05) is 20.1 Å². The lowest BCUT2D eigenvalue weighted by Crippen LogP contribution is -2.39. The fourth-order valence-corrected chi connectivity index (χ4v) is 2.18. The van der Waals surface area contributed by atoms with E-state index in [1.54, 1.807) is 0 Å². The molecule has 1 rings (SSSR count). The van der Waals surface area contributed by atoms with Gasteiger partial charge in [-0.1, -0.05) is 48.0 Å². The molecule has 0 fully saturated rings. The molecule has 0 unspecified atom stereocenters. The maximum absolute atomic E-state index is 11.9. The third-order valence-electron chi connectivity index (χ3n) is 2.73. The van der Waals surface area contributed by atoms with Gasteiger partial charge < -0.3 is 10.6 Å². The van der Waals surface area contributed by atoms with E-state index in [9.17, 15) is 4.79 Å². The largest absolute Gasteiger partial charge is 0.355 e. The van der Waals surface area contributed by atoms with Gasteiger partial charge in [-0.15, -0.1) is 0 Å². The molecule has 1 aromatic carbocycles. The molecule has 0 spiro atoms. The summed E-state index contributed by atoms with van der Waals surface area (Å²) in [5, 5.41) is 6.12. The van der Waals surface area contributed by atoms with Gasteiger partial charge in [0.05, 0.1) is 6.42 Å². The third-order valence-corrected chi connectivity index (χ3v) is 3.50. The van der Waals surface area contributed by atoms with Crippen LogP contribution in [-0.4, -0.2) is 26.0 Å². The first-order valence-corrected chi connectivity index (χ1v) is 6.88. The van der Waals surface area contributed by atoms with E-state index < -0.39 is 0 Å². The number of carbonyl (C=O) groups excluding carboxylic acids is 1. The van der Waals surface area contributed by atoms with Gasteiger partial charge in [0.25, 0.3) is 0 Å². The number of benzene rings is 1. The van der Waals surface area contributed by atoms with Gasteiger partial charge in [-0.3, -0.25) is 4.79 Å². The van der Waals surface area contributed by atoms with Crippen molar-refractivity contribution in [2.45, 2.75) is 20.3 Å². The van der Waals surface area contributed by atoms with Gasteiger partial charge in [0, 0.05) is 17.6 Å². The molecule has 0 aromatic heterocycles. The van der Waals surface area contributed by atoms with Crippen LogP contribution < -0.4 is 10.6 Å². The molecule has 0 atom stereocenters. The monoisotopic (exact) mass is 312 g/mol. The Morgan fingerprint density at radius 1 is 1.28 bits per heavy atom. The summed E-state index contributed by atoms with van der Waals surface area (Å²) in [4.78, 5) is 11.9. The average Bonchev–Trinajstić information content (AvgIpc) is 2.30. The second kappa shape index (κ2) is 6.90. The standard InChI is InChI=1S/C14H21BrN2O/c1-14(2,9-16-3)10-17-13(18)8-11-6-4-5-7-12(11)15/h4-7,16H,8-10H2,1-3H3,(H,17,18). The van der Waals surface area contributed by atoms with Gasteiger partial charge in [-0.05, 0) is 24.1 Å². The number of amides is 1. The lowest BCUT2D eigenvalue weighted by Gasteiger charge is -2.24. The molecule has 0 aliphatic carbocycles. The zero-order valence-electron chi connectivity index (χ0n) is 11.2. The second-order valence-corrected chi connectivity index (χ2v) is 6.09. The van der Waals surface area contributed by atoms with E-state index in [4.69, 9.17) is 0 Å². The Kier molecular flexibility index (Phi) is 5.82. The van der Waals surface area contributed by atoms with Crippen LogP contribution in [0, 0.1) is 5.41 Å². The van der Waals surface area contributed by atoms with Crippen LogP contribution >= 0.6 is 15.9 Å². The Labute approximate surface area is 117 Å². The van der Waals surface area contributed by atoms with Crippen molar-refractivity contribution in [1.82, 2.24) is 10.6 Å². The zero-order valence-corrected chi connectivity index (χ0v) is 12.8. The minimum Gasteiger partial charge on any atom is -0.355 e. The molecule has 0 bridgehead atoms. The van der Waals surface area contributed by atoms with Crippen LogP contribution in [0.1, 0.15) is 19.4 Å². The topological polar surface area (TPSA) is 41.1 Å². The second-order valence-electron chi connectivity index (χ2n) is 5.24. The maximum atomic E-state index is 11.9. The van der Waals surface area contributed by atoms with Gasteiger partial charge in [-0.2, -0.15) is 0 Å². The molecular formula is C14H21BrN2O. The minimum atomic E-state index is 0.0612. The lowest BCUT2D eigenvalue weighted by atomic mass is 9.93. The van der Waals surface area contributed by atoms with E-state index in [1.807, 2.05) is 31.3 Å². The summed E-state index contributed by atoms with van der Waals surface area (Å²) in [5.41, 5.74) is 1.08. The number of hydrogen-bond donors (Lipinski definition) is 2. The third kappa shape index (κ3) is 5.19. The molecule has 4 heteroatoms. The summed E-state index contributed by atoms with van der Waals surface area (Å²) in [6.07, 6.45) is 0.414. The van der Waals surface area contributed by atoms with E-state index >= 15 is 0 Å². The Hall–Kier alpha value is -0.870. The highest BCUT2D eigenvalue weighted by atomic mass is 79.9. The van der Waals surface area contributed by atoms with Gasteiger partial charge in [0.2, 0.25) is 5.91 Å². The number of nitrogens with one attached hydrogen (secondary N) is 2. The number of rotatable bonds is 6. The molecule has 18 heavy (non-hydrogen) atoms. The normalized spacial score (nSPS) is 11.3. The SMILES string of the molecule is CNCC(C)(C)CNC(=O)Cc1ccccc1Br. The molecule has 0 saturated carbocycles. The van der Waals surface area contributed by atoms with E-state index in [-0.39, 0.29) is 11.3 Å². The molecule has 1 amide bonds.